The van der Waals surface area contributed by atoms with E-state index in [9.17, 15) is 22.8 Å². The van der Waals surface area contributed by atoms with Crippen molar-refractivity contribution < 1.29 is 22.8 Å². The largest absolute Gasteiger partial charge is 0.416 e. The normalized spacial score (nSPS) is 12.9. The molecule has 7 heteroatoms. The van der Waals surface area contributed by atoms with E-state index in [1.165, 1.54) is 0 Å². The van der Waals surface area contributed by atoms with Crippen LogP contribution in [0.1, 0.15) is 25.8 Å². The van der Waals surface area contributed by atoms with E-state index < -0.39 is 23.8 Å². The minimum Gasteiger partial charge on any atom is -0.328 e. The Kier molecular flexibility index (Phi) is 5.75. The number of nitrogens with one attached hydrogen (secondary N) is 2. The first-order chi connectivity index (χ1) is 9.72. The van der Waals surface area contributed by atoms with E-state index in [0.29, 0.717) is 6.42 Å². The average molecular weight is 301 g/mol. The number of benzene rings is 1. The van der Waals surface area contributed by atoms with Crippen molar-refractivity contribution in [1.82, 2.24) is 5.32 Å². The molecule has 2 N–H and O–H groups in total. The summed E-state index contributed by atoms with van der Waals surface area (Å²) in [6, 6.07) is 2.61. The Morgan fingerprint density at radius 1 is 1.24 bits per heavy atom. The molecule has 0 heterocycles. The summed E-state index contributed by atoms with van der Waals surface area (Å²) in [5, 5.41) is 4.76. The molecule has 0 fully saturated rings. The van der Waals surface area contributed by atoms with Crippen LogP contribution in [-0.4, -0.2) is 18.4 Å². The number of rotatable bonds is 5. The molecule has 115 valence electrons. The first kappa shape index (κ1) is 17.0. The highest BCUT2D eigenvalue weighted by Crippen LogP contribution is 2.29. The second-order valence-electron chi connectivity index (χ2n) is 4.97. The van der Waals surface area contributed by atoms with Crippen LogP contribution in [0, 0.1) is 5.92 Å². The Morgan fingerprint density at radius 3 is 2.24 bits per heavy atom. The summed E-state index contributed by atoms with van der Waals surface area (Å²) < 4.78 is 37.1. The van der Waals surface area contributed by atoms with Gasteiger partial charge in [-0.3, -0.25) is 4.79 Å². The van der Waals surface area contributed by atoms with Crippen LogP contribution in [0.5, 0.6) is 0 Å². The lowest BCUT2D eigenvalue weighted by Crippen LogP contribution is -2.39. The molecule has 1 atom stereocenters. The van der Waals surface area contributed by atoms with Gasteiger partial charge in [-0.15, -0.1) is 0 Å². The lowest BCUT2D eigenvalue weighted by atomic mass is 10.1. The van der Waals surface area contributed by atoms with Crippen molar-refractivity contribution in [2.24, 2.45) is 5.92 Å². The number of urea groups is 1. The van der Waals surface area contributed by atoms with Crippen LogP contribution in [0.15, 0.2) is 24.3 Å². The smallest absolute Gasteiger partial charge is 0.328 e. The molecule has 0 aliphatic rings. The van der Waals surface area contributed by atoms with Crippen molar-refractivity contribution in [2.75, 3.05) is 5.32 Å². The fourth-order valence-corrected chi connectivity index (χ4v) is 1.68. The molecule has 2 amide bonds. The third-order valence-corrected chi connectivity index (χ3v) is 2.62. The molecule has 0 aliphatic carbocycles. The Morgan fingerprint density at radius 2 is 1.81 bits per heavy atom. The second-order valence-corrected chi connectivity index (χ2v) is 4.97. The summed E-state index contributed by atoms with van der Waals surface area (Å²) >= 11 is 0. The quantitative estimate of drug-likeness (QED) is 0.876. The summed E-state index contributed by atoms with van der Waals surface area (Å²) in [4.78, 5) is 22.3. The maximum absolute atomic E-state index is 12.4. The van der Waals surface area contributed by atoms with Crippen LogP contribution >= 0.6 is 0 Å². The monoisotopic (exact) mass is 301 g/mol. The van der Waals surface area contributed by atoms with Crippen molar-refractivity contribution in [1.29, 1.82) is 0 Å². The van der Waals surface area contributed by atoms with Gasteiger partial charge in [0, 0.05) is 5.69 Å². The lowest BCUT2D eigenvalue weighted by molar-refractivity contribution is -0.137. The molecule has 1 aromatic carbocycles. The van der Waals surface area contributed by atoms with Gasteiger partial charge < -0.3 is 10.6 Å². The van der Waals surface area contributed by atoms with E-state index in [-0.39, 0.29) is 11.6 Å². The van der Waals surface area contributed by atoms with Crippen LogP contribution in [-0.2, 0) is 11.0 Å². The summed E-state index contributed by atoms with van der Waals surface area (Å²) in [5.41, 5.74) is -0.595. The number of amides is 2. The van der Waals surface area contributed by atoms with Gasteiger partial charge in [0.1, 0.15) is 0 Å². The van der Waals surface area contributed by atoms with Crippen LogP contribution in [0.3, 0.4) is 0 Å². The molecular weight excluding hydrogens is 285 g/mol. The highest BCUT2D eigenvalue weighted by atomic mass is 19.4. The molecule has 1 rings (SSSR count). The van der Waals surface area contributed by atoms with Gasteiger partial charge in [-0.05, 0) is 36.6 Å². The third-order valence-electron chi connectivity index (χ3n) is 2.62. The fraction of sp³-hybridized carbons (Fsp3) is 0.429. The number of anilines is 1. The molecule has 0 saturated heterocycles. The molecule has 1 aromatic rings. The average Bonchev–Trinajstić information content (AvgIpc) is 2.36. The van der Waals surface area contributed by atoms with E-state index in [1.54, 1.807) is 6.29 Å². The number of hydrogen-bond acceptors (Lipinski definition) is 2. The predicted octanol–water partition coefficient (Wildman–Crippen LogP) is 3.35. The number of halogens is 3. The molecule has 0 aromatic heterocycles. The van der Waals surface area contributed by atoms with Gasteiger partial charge in [0.15, 0.2) is 0 Å². The minimum absolute atomic E-state index is 0.197. The number of carbonyl (C=O) groups excluding carboxylic acids is 2. The molecule has 21 heavy (non-hydrogen) atoms. The first-order valence-electron chi connectivity index (χ1n) is 6.35. The Hall–Kier alpha value is -2.05. The SMILES string of the molecule is CC(C)C[C@@H]([C]=O)NC(=O)Nc1ccc(C(F)(F)F)cc1. The van der Waals surface area contributed by atoms with E-state index in [2.05, 4.69) is 10.6 Å². The van der Waals surface area contributed by atoms with Gasteiger partial charge in [0.05, 0.1) is 11.6 Å². The molecular formula is C14H16F3N2O2. The standard InChI is InChI=1S/C14H16F3N2O2/c1-9(2)7-12(8-20)19-13(21)18-11-5-3-10(4-6-11)14(15,16)17/h3-6,9,12H,7H2,1-2H3,(H2,18,19,21)/t12-/m0/s1. The van der Waals surface area contributed by atoms with Crippen LogP contribution in [0.2, 0.25) is 0 Å². The van der Waals surface area contributed by atoms with E-state index in [4.69, 9.17) is 0 Å². The molecule has 0 saturated carbocycles. The van der Waals surface area contributed by atoms with Gasteiger partial charge in [0.25, 0.3) is 0 Å². The number of alkyl halides is 3. The van der Waals surface area contributed by atoms with Gasteiger partial charge in [0.2, 0.25) is 6.29 Å². The molecule has 1 radical (unpaired) electrons. The summed E-state index contributed by atoms with van der Waals surface area (Å²) in [6.45, 7) is 3.78. The highest BCUT2D eigenvalue weighted by Gasteiger charge is 2.30. The number of carbonyl (C=O) groups is 1. The van der Waals surface area contributed by atoms with Crippen molar-refractivity contribution >= 4 is 18.0 Å². The van der Waals surface area contributed by atoms with Gasteiger partial charge in [-0.25, -0.2) is 4.79 Å². The summed E-state index contributed by atoms with van der Waals surface area (Å²) in [5.74, 6) is 0.197. The zero-order valence-electron chi connectivity index (χ0n) is 11.6. The second kappa shape index (κ2) is 7.10. The van der Waals surface area contributed by atoms with Crippen molar-refractivity contribution in [3.8, 4) is 0 Å². The zero-order chi connectivity index (χ0) is 16.0. The molecule has 0 aliphatic heterocycles. The lowest BCUT2D eigenvalue weighted by Gasteiger charge is -2.15. The third kappa shape index (κ3) is 5.85. The Balaban J connectivity index is 2.60. The minimum atomic E-state index is -4.42. The zero-order valence-corrected chi connectivity index (χ0v) is 11.6. The van der Waals surface area contributed by atoms with Gasteiger partial charge in [-0.2, -0.15) is 13.2 Å². The Bertz CT molecular complexity index is 484. The predicted molar refractivity (Wildman–Crippen MR) is 72.5 cm³/mol. The summed E-state index contributed by atoms with van der Waals surface area (Å²) in [7, 11) is 0. The first-order valence-corrected chi connectivity index (χ1v) is 6.35. The molecule has 0 bridgehead atoms. The van der Waals surface area contributed by atoms with E-state index >= 15 is 0 Å². The Labute approximate surface area is 120 Å². The van der Waals surface area contributed by atoms with Crippen LogP contribution < -0.4 is 10.6 Å². The summed E-state index contributed by atoms with van der Waals surface area (Å²) in [6.07, 6.45) is -2.28. The topological polar surface area (TPSA) is 58.2 Å². The van der Waals surface area contributed by atoms with Gasteiger partial charge >= 0.3 is 12.2 Å². The van der Waals surface area contributed by atoms with Gasteiger partial charge in [-0.1, -0.05) is 13.8 Å². The van der Waals surface area contributed by atoms with Crippen LogP contribution in [0.25, 0.3) is 0 Å². The molecule has 0 unspecified atom stereocenters. The fourth-order valence-electron chi connectivity index (χ4n) is 1.68. The number of hydrogen-bond donors (Lipinski definition) is 2. The maximum Gasteiger partial charge on any atom is 0.416 e. The maximum atomic E-state index is 12.4. The molecule has 0 spiro atoms. The van der Waals surface area contributed by atoms with E-state index in [1.807, 2.05) is 13.8 Å². The van der Waals surface area contributed by atoms with Crippen molar-refractivity contribution in [3.63, 3.8) is 0 Å². The van der Waals surface area contributed by atoms with Crippen LogP contribution in [0.4, 0.5) is 23.7 Å². The molecule has 4 nitrogen and oxygen atoms in total. The van der Waals surface area contributed by atoms with E-state index in [0.717, 1.165) is 24.3 Å². The van der Waals surface area contributed by atoms with Crippen molar-refractivity contribution in [2.45, 2.75) is 32.5 Å². The van der Waals surface area contributed by atoms with Crippen molar-refractivity contribution in [3.05, 3.63) is 29.8 Å². The highest BCUT2D eigenvalue weighted by molar-refractivity contribution is 5.90.